The van der Waals surface area contributed by atoms with Gasteiger partial charge in [-0.05, 0) is 32.9 Å². The molecule has 2 aromatic rings. The number of amides is 1. The zero-order chi connectivity index (χ0) is 17.3. The summed E-state index contributed by atoms with van der Waals surface area (Å²) in [6.45, 7) is 7.15. The van der Waals surface area contributed by atoms with Crippen molar-refractivity contribution in [3.8, 4) is 16.3 Å². The maximum atomic E-state index is 12.8. The van der Waals surface area contributed by atoms with Gasteiger partial charge >= 0.3 is 0 Å². The zero-order valence-corrected chi connectivity index (χ0v) is 15.2. The molecule has 128 valence electrons. The van der Waals surface area contributed by atoms with Gasteiger partial charge in [0.25, 0.3) is 5.91 Å². The smallest absolute Gasteiger partial charge is 0.273 e. The van der Waals surface area contributed by atoms with Crippen molar-refractivity contribution >= 4 is 17.2 Å². The highest BCUT2D eigenvalue weighted by molar-refractivity contribution is 7.13. The van der Waals surface area contributed by atoms with Crippen molar-refractivity contribution in [3.05, 3.63) is 35.3 Å². The topological polar surface area (TPSA) is 51.7 Å². The van der Waals surface area contributed by atoms with E-state index in [0.29, 0.717) is 18.8 Å². The van der Waals surface area contributed by atoms with E-state index in [1.807, 2.05) is 55.3 Å². The van der Waals surface area contributed by atoms with E-state index in [4.69, 9.17) is 9.47 Å². The predicted octanol–water partition coefficient (Wildman–Crippen LogP) is 3.46. The highest BCUT2D eigenvalue weighted by atomic mass is 32.1. The van der Waals surface area contributed by atoms with Crippen LogP contribution >= 0.6 is 11.3 Å². The molecule has 1 aliphatic rings. The number of thiazole rings is 1. The normalized spacial score (nSPS) is 20.0. The van der Waals surface area contributed by atoms with Crippen LogP contribution in [0, 0.1) is 0 Å². The summed E-state index contributed by atoms with van der Waals surface area (Å²) in [6.07, 6.45) is 0.0185. The van der Waals surface area contributed by atoms with Gasteiger partial charge in [0, 0.05) is 18.5 Å². The van der Waals surface area contributed by atoms with Crippen molar-refractivity contribution in [1.82, 2.24) is 9.88 Å². The van der Waals surface area contributed by atoms with Crippen LogP contribution in [-0.4, -0.2) is 47.7 Å². The predicted molar refractivity (Wildman–Crippen MR) is 94.6 cm³/mol. The molecule has 1 fully saturated rings. The van der Waals surface area contributed by atoms with Crippen LogP contribution in [0.15, 0.2) is 29.6 Å². The van der Waals surface area contributed by atoms with Crippen molar-refractivity contribution in [2.45, 2.75) is 32.5 Å². The number of hydrogen-bond acceptors (Lipinski definition) is 5. The Kier molecular flexibility index (Phi) is 4.60. The van der Waals surface area contributed by atoms with Gasteiger partial charge < -0.3 is 14.4 Å². The third-order valence-electron chi connectivity index (χ3n) is 3.92. The Morgan fingerprint density at radius 1 is 1.42 bits per heavy atom. The molecular formula is C18H22N2O3S. The minimum absolute atomic E-state index is 0.0185. The van der Waals surface area contributed by atoms with Crippen LogP contribution in [0.5, 0.6) is 5.75 Å². The summed E-state index contributed by atoms with van der Waals surface area (Å²) in [6, 6.07) is 7.70. The minimum Gasteiger partial charge on any atom is -0.496 e. The Balaban J connectivity index is 1.84. The number of rotatable bonds is 3. The number of morpholine rings is 1. The van der Waals surface area contributed by atoms with Gasteiger partial charge in [-0.1, -0.05) is 12.1 Å². The zero-order valence-electron chi connectivity index (χ0n) is 14.4. The number of carbonyl (C=O) groups excluding carboxylic acids is 1. The first-order valence-corrected chi connectivity index (χ1v) is 8.83. The van der Waals surface area contributed by atoms with Crippen molar-refractivity contribution < 1.29 is 14.3 Å². The highest BCUT2D eigenvalue weighted by Gasteiger charge is 2.34. The molecule has 0 bridgehead atoms. The second kappa shape index (κ2) is 6.53. The fourth-order valence-corrected chi connectivity index (χ4v) is 3.91. The minimum atomic E-state index is -0.338. The van der Waals surface area contributed by atoms with Gasteiger partial charge in [-0.25, -0.2) is 4.98 Å². The molecule has 0 unspecified atom stereocenters. The number of nitrogens with zero attached hydrogens (tertiary/aromatic N) is 2. The first kappa shape index (κ1) is 16.9. The van der Waals surface area contributed by atoms with Crippen LogP contribution in [0.25, 0.3) is 10.6 Å². The summed E-state index contributed by atoms with van der Waals surface area (Å²) in [7, 11) is 1.63. The van der Waals surface area contributed by atoms with E-state index in [-0.39, 0.29) is 17.6 Å². The fourth-order valence-electron chi connectivity index (χ4n) is 3.09. The lowest BCUT2D eigenvalue weighted by Crippen LogP contribution is -2.53. The van der Waals surface area contributed by atoms with E-state index in [9.17, 15) is 4.79 Å². The Morgan fingerprint density at radius 3 is 2.88 bits per heavy atom. The molecular weight excluding hydrogens is 324 g/mol. The van der Waals surface area contributed by atoms with Crippen LogP contribution in [0.3, 0.4) is 0 Å². The molecule has 0 N–H and O–H groups in total. The molecule has 3 rings (SSSR count). The maximum absolute atomic E-state index is 12.8. The van der Waals surface area contributed by atoms with Gasteiger partial charge in [-0.3, -0.25) is 4.79 Å². The lowest BCUT2D eigenvalue weighted by molar-refractivity contribution is -0.118. The summed E-state index contributed by atoms with van der Waals surface area (Å²) in [5, 5.41) is 2.61. The molecule has 1 aromatic carbocycles. The number of para-hydroxylation sites is 1. The third-order valence-corrected chi connectivity index (χ3v) is 4.79. The Labute approximate surface area is 146 Å². The fraction of sp³-hybridized carbons (Fsp3) is 0.444. The first-order valence-electron chi connectivity index (χ1n) is 7.95. The van der Waals surface area contributed by atoms with Crippen LogP contribution in [0.4, 0.5) is 0 Å². The SMILES string of the molecule is COc1ccccc1-c1nc(C(=O)N2C[C@H](C)OC(C)(C)C2)cs1. The van der Waals surface area contributed by atoms with E-state index >= 15 is 0 Å². The molecule has 2 heterocycles. The van der Waals surface area contributed by atoms with Gasteiger partial charge in [0.2, 0.25) is 0 Å². The summed E-state index contributed by atoms with van der Waals surface area (Å²) in [5.41, 5.74) is 1.04. The number of ether oxygens (including phenoxy) is 2. The average Bonchev–Trinajstić information content (AvgIpc) is 3.02. The molecule has 0 spiro atoms. The molecule has 0 radical (unpaired) electrons. The third kappa shape index (κ3) is 3.44. The molecule has 0 saturated carbocycles. The summed E-state index contributed by atoms with van der Waals surface area (Å²) >= 11 is 1.46. The molecule has 0 aliphatic carbocycles. The van der Waals surface area contributed by atoms with Crippen LogP contribution < -0.4 is 4.74 Å². The van der Waals surface area contributed by atoms with Crippen LogP contribution in [0.2, 0.25) is 0 Å². The van der Waals surface area contributed by atoms with Crippen LogP contribution in [0.1, 0.15) is 31.3 Å². The van der Waals surface area contributed by atoms with Gasteiger partial charge in [-0.15, -0.1) is 11.3 Å². The molecule has 1 amide bonds. The molecule has 6 heteroatoms. The van der Waals surface area contributed by atoms with E-state index in [2.05, 4.69) is 4.98 Å². The molecule has 1 aliphatic heterocycles. The van der Waals surface area contributed by atoms with E-state index in [1.165, 1.54) is 11.3 Å². The lowest BCUT2D eigenvalue weighted by atomic mass is 10.1. The maximum Gasteiger partial charge on any atom is 0.273 e. The van der Waals surface area contributed by atoms with E-state index in [0.717, 1.165) is 16.3 Å². The second-order valence-electron chi connectivity index (χ2n) is 6.61. The summed E-state index contributed by atoms with van der Waals surface area (Å²) in [5.74, 6) is 0.711. The quantitative estimate of drug-likeness (QED) is 0.854. The largest absolute Gasteiger partial charge is 0.496 e. The van der Waals surface area contributed by atoms with Crippen LogP contribution in [-0.2, 0) is 4.74 Å². The molecule has 1 atom stereocenters. The number of carbonyl (C=O) groups is 1. The molecule has 24 heavy (non-hydrogen) atoms. The number of methoxy groups -OCH3 is 1. The summed E-state index contributed by atoms with van der Waals surface area (Å²) < 4.78 is 11.2. The van der Waals surface area contributed by atoms with Gasteiger partial charge in [-0.2, -0.15) is 0 Å². The van der Waals surface area contributed by atoms with E-state index in [1.54, 1.807) is 7.11 Å². The van der Waals surface area contributed by atoms with E-state index < -0.39 is 0 Å². The molecule has 1 saturated heterocycles. The van der Waals surface area contributed by atoms with Crippen molar-refractivity contribution in [3.63, 3.8) is 0 Å². The van der Waals surface area contributed by atoms with Gasteiger partial charge in [0.15, 0.2) is 0 Å². The monoisotopic (exact) mass is 346 g/mol. The van der Waals surface area contributed by atoms with Gasteiger partial charge in [0.1, 0.15) is 16.5 Å². The first-order chi connectivity index (χ1) is 11.4. The Hall–Kier alpha value is -1.92. The molecule has 1 aromatic heterocycles. The lowest BCUT2D eigenvalue weighted by Gasteiger charge is -2.41. The number of aromatic nitrogens is 1. The van der Waals surface area contributed by atoms with Crippen molar-refractivity contribution in [1.29, 1.82) is 0 Å². The Bertz CT molecular complexity index is 741. The number of benzene rings is 1. The molecule has 5 nitrogen and oxygen atoms in total. The Morgan fingerprint density at radius 2 is 2.17 bits per heavy atom. The van der Waals surface area contributed by atoms with Crippen molar-refractivity contribution in [2.75, 3.05) is 20.2 Å². The summed E-state index contributed by atoms with van der Waals surface area (Å²) in [4.78, 5) is 19.2. The van der Waals surface area contributed by atoms with Crippen molar-refractivity contribution in [2.24, 2.45) is 0 Å². The second-order valence-corrected chi connectivity index (χ2v) is 7.47. The number of hydrogen-bond donors (Lipinski definition) is 0. The average molecular weight is 346 g/mol. The standard InChI is InChI=1S/C18H22N2O3S/c1-12-9-20(11-18(2,3)23-12)17(21)14-10-24-16(19-14)13-7-5-6-8-15(13)22-4/h5-8,10,12H,9,11H2,1-4H3/t12-/m0/s1. The van der Waals surface area contributed by atoms with Gasteiger partial charge in [0.05, 0.1) is 24.4 Å². The highest BCUT2D eigenvalue weighted by Crippen LogP contribution is 2.32.